The molecule has 0 saturated heterocycles. The van der Waals surface area contributed by atoms with Crippen LogP contribution in [0.5, 0.6) is 0 Å². The molecule has 0 atom stereocenters. The monoisotopic (exact) mass is 1290 g/mol. The Morgan fingerprint density at radius 1 is 0.350 bits per heavy atom. The fraction of sp³-hybridized carbons (Fsp3) is 0.200. The molecule has 10 rings (SSSR count). The van der Waals surface area contributed by atoms with E-state index in [2.05, 4.69) is 114 Å². The first-order valence-corrected chi connectivity index (χ1v) is 20.4. The Labute approximate surface area is 513 Å². The normalized spacial score (nSPS) is 12.3. The van der Waals surface area contributed by atoms with Gasteiger partial charge in [-0.3, -0.25) is 15.0 Å². The van der Waals surface area contributed by atoms with Gasteiger partial charge in [0.05, 0.1) is 0 Å². The van der Waals surface area contributed by atoms with Gasteiger partial charge < -0.3 is 15.0 Å². The van der Waals surface area contributed by atoms with Gasteiger partial charge >= 0.3 is 0 Å². The molecule has 3 aliphatic rings. The van der Waals surface area contributed by atoms with Crippen molar-refractivity contribution in [1.29, 1.82) is 0 Å². The van der Waals surface area contributed by atoms with Gasteiger partial charge in [0.25, 0.3) is 0 Å². The topological polar surface area (TPSA) is 74.2 Å². The van der Waals surface area contributed by atoms with E-state index in [-0.39, 0.29) is 196 Å². The maximum Gasteiger partial charge on any atom is 0.118 e. The quantitative estimate of drug-likeness (QED) is 0.153. The Hall–Kier alpha value is 1.40. The third-order valence-corrected chi connectivity index (χ3v) is 14.2. The minimum Gasteiger partial charge on any atom is -0.309 e. The van der Waals surface area contributed by atoms with Crippen LogP contribution in [-0.4, -0.2) is 20.0 Å². The number of benzene rings is 4. The van der Waals surface area contributed by atoms with Crippen LogP contribution in [0.3, 0.4) is 0 Å². The van der Waals surface area contributed by atoms with Crippen LogP contribution in [0.25, 0.3) is 62.6 Å². The summed E-state index contributed by atoms with van der Waals surface area (Å²) >= 11 is 5.35. The zero-order chi connectivity index (χ0) is 36.8. The second-order valence-electron chi connectivity index (χ2n) is 14.0. The van der Waals surface area contributed by atoms with Gasteiger partial charge in [-0.1, -0.05) is 77.9 Å². The van der Waals surface area contributed by atoms with Crippen LogP contribution >= 0.6 is 34.0 Å². The number of rotatable bonds is 6. The average molecular weight is 1290 g/mol. The Balaban J connectivity index is 0.00000132. The Kier molecular flexibility index (Phi) is 20.2. The maximum absolute atomic E-state index is 4.77. The molecule has 0 unspecified atom stereocenters. The van der Waals surface area contributed by atoms with Gasteiger partial charge in [-0.2, -0.15) is 34.0 Å². The second-order valence-corrected chi connectivity index (χ2v) is 17.3. The van der Waals surface area contributed by atoms with Crippen LogP contribution in [0.2, 0.25) is 0 Å². The van der Waals surface area contributed by atoms with E-state index >= 15 is 0 Å². The molecule has 4 aromatic carbocycles. The minimum atomic E-state index is 0. The molecule has 6 heterocycles. The Morgan fingerprint density at radius 2 is 0.583 bits per heavy atom. The number of aryl methyl sites for hydroxylation is 3. The fourth-order valence-electron chi connectivity index (χ4n) is 7.49. The third-order valence-electron chi connectivity index (χ3n) is 10.8. The molecule has 0 spiro atoms. The number of nitrogens with zero attached hydrogens (tertiary/aromatic N) is 6. The summed E-state index contributed by atoms with van der Waals surface area (Å²) in [5.41, 5.74) is 13.5. The van der Waals surface area contributed by atoms with Crippen LogP contribution < -0.4 is 32.1 Å². The molecule has 6 nitrogen and oxygen atoms in total. The molecule has 0 fully saturated rings. The molecule has 7 aromatic rings. The number of thiophene rings is 3. The van der Waals surface area contributed by atoms with Crippen molar-refractivity contribution in [1.82, 2.24) is 0 Å². The summed E-state index contributed by atoms with van der Waals surface area (Å²) < 4.78 is 0. The predicted octanol–water partition coefficient (Wildman–Crippen LogP) is 7.74. The molecule has 0 N–H and O–H groups in total. The van der Waals surface area contributed by atoms with Crippen molar-refractivity contribution in [2.24, 2.45) is 30.0 Å². The summed E-state index contributed by atoms with van der Waals surface area (Å²) in [7, 11) is 0. The summed E-state index contributed by atoms with van der Waals surface area (Å²) in [6, 6.07) is 31.3. The number of hydrogen-bond acceptors (Lipinski definition) is 9. The van der Waals surface area contributed by atoms with Crippen LogP contribution in [-0.2, 0) is 196 Å². The van der Waals surface area contributed by atoms with E-state index in [1.54, 1.807) is 34.0 Å². The Bertz CT molecular complexity index is 2840. The van der Waals surface area contributed by atoms with Crippen molar-refractivity contribution < 1.29 is 196 Å². The number of hydrogen-bond donors (Lipinski definition) is 0. The van der Waals surface area contributed by atoms with Gasteiger partial charge in [0, 0.05) is 243 Å². The summed E-state index contributed by atoms with van der Waals surface area (Å²) in [5, 5.41) is 5.89. The molecular formula is C45H33N6S3Y6-3. The first-order chi connectivity index (χ1) is 26.2. The molecule has 60 heavy (non-hydrogen) atoms. The van der Waals surface area contributed by atoms with Crippen molar-refractivity contribution in [2.75, 3.05) is 20.0 Å². The SMILES string of the molecule is Cc1[c-]c(-c2ccc(-c3cc(-c4ccc(-c5[c-]c(C)c(C)c6c5=NCN=6)s4)cc(-c4ccc(-c5[c-]c(C)c(C)c6c5=NCN=6)s4)c3)s2)c2c(c1C)=NCN=2.[Y].[Y].[Y].[Y].[Y].[Y]. The summed E-state index contributed by atoms with van der Waals surface area (Å²) in [5.74, 6) is 0. The molecule has 6 radical (unpaired) electrons. The third kappa shape index (κ3) is 9.99. The summed E-state index contributed by atoms with van der Waals surface area (Å²) in [6.07, 6.45) is 0. The molecule has 0 aliphatic carbocycles. The van der Waals surface area contributed by atoms with E-state index < -0.39 is 0 Å². The number of fused-ring (bicyclic) bond motifs is 3. The first-order valence-electron chi connectivity index (χ1n) is 17.9. The van der Waals surface area contributed by atoms with E-state index in [1.165, 1.54) is 31.3 Å². The molecular weight excluding hydrogens is 1250 g/mol. The molecule has 3 aliphatic heterocycles. The van der Waals surface area contributed by atoms with E-state index in [1.807, 2.05) is 0 Å². The van der Waals surface area contributed by atoms with Gasteiger partial charge in [-0.15, -0.1) is 68.3 Å². The average Bonchev–Trinajstić information content (AvgIpc) is 4.03. The smallest absolute Gasteiger partial charge is 0.118 e. The zero-order valence-electron chi connectivity index (χ0n) is 34.2. The molecule has 282 valence electrons. The molecule has 0 saturated carbocycles. The van der Waals surface area contributed by atoms with E-state index in [9.17, 15) is 0 Å². The van der Waals surface area contributed by atoms with Crippen molar-refractivity contribution in [3.63, 3.8) is 0 Å². The predicted molar refractivity (Wildman–Crippen MR) is 219 cm³/mol. The minimum absolute atomic E-state index is 0. The zero-order valence-corrected chi connectivity index (χ0v) is 53.7. The van der Waals surface area contributed by atoms with Crippen molar-refractivity contribution in [3.05, 3.63) is 138 Å². The standard InChI is InChI=1S/C45H33N6S3.6Y/c1-22-13-31(43-40(25(22)4)46-19-49-43)37-10-7-34(52-37)28-16-29(35-8-11-38(53-35)32-14-23(2)26(5)41-44(32)50-20-47-41)18-30(17-28)36-9-12-39(54-36)33-15-24(3)27(6)42-45(33)51-21-48-42;;;;;;/h7-12,16-18H,19-21H2,1-6H3;;;;;;/q-3;;;;;;. The van der Waals surface area contributed by atoms with Crippen LogP contribution in [0.4, 0.5) is 0 Å². The van der Waals surface area contributed by atoms with Crippen molar-refractivity contribution >= 4 is 34.0 Å². The van der Waals surface area contributed by atoms with Gasteiger partial charge in [-0.05, 0) is 49.5 Å². The molecule has 0 bridgehead atoms. The molecule has 0 amide bonds. The largest absolute Gasteiger partial charge is 0.309 e. The van der Waals surface area contributed by atoms with Crippen molar-refractivity contribution in [2.45, 2.75) is 41.5 Å². The fourth-order valence-corrected chi connectivity index (χ4v) is 10.5. The van der Waals surface area contributed by atoms with E-state index in [0.717, 1.165) is 96.8 Å². The van der Waals surface area contributed by atoms with Crippen molar-refractivity contribution in [3.8, 4) is 62.6 Å². The molecule has 15 heteroatoms. The maximum atomic E-state index is 4.77. The summed E-state index contributed by atoms with van der Waals surface area (Å²) in [4.78, 5) is 35.4. The van der Waals surface area contributed by atoms with Crippen LogP contribution in [0, 0.1) is 59.7 Å². The second kappa shape index (κ2) is 22.5. The van der Waals surface area contributed by atoms with Gasteiger partial charge in [0.2, 0.25) is 0 Å². The van der Waals surface area contributed by atoms with Gasteiger partial charge in [0.1, 0.15) is 20.0 Å². The Morgan fingerprint density at radius 3 is 0.850 bits per heavy atom. The molecule has 3 aromatic heterocycles. The summed E-state index contributed by atoms with van der Waals surface area (Å²) in [6.45, 7) is 14.1. The van der Waals surface area contributed by atoms with Crippen LogP contribution in [0.15, 0.2) is 84.6 Å². The first kappa shape index (κ1) is 54.0. The van der Waals surface area contributed by atoms with Gasteiger partial charge in [0.15, 0.2) is 0 Å². The van der Waals surface area contributed by atoms with Gasteiger partial charge in [-0.25, -0.2) is 0 Å². The van der Waals surface area contributed by atoms with E-state index in [0.29, 0.717) is 20.0 Å². The van der Waals surface area contributed by atoms with Crippen LogP contribution in [0.1, 0.15) is 33.4 Å². The van der Waals surface area contributed by atoms with E-state index in [4.69, 9.17) is 30.0 Å².